The lowest BCUT2D eigenvalue weighted by atomic mass is 10.1. The molecule has 1 N–H and O–H groups in total. The number of anilines is 1. The summed E-state index contributed by atoms with van der Waals surface area (Å²) < 4.78 is 11.1. The van der Waals surface area contributed by atoms with E-state index in [2.05, 4.69) is 10.5 Å². The van der Waals surface area contributed by atoms with Crippen LogP contribution in [0, 0.1) is 13.8 Å². The second-order valence-corrected chi connectivity index (χ2v) is 7.10. The maximum absolute atomic E-state index is 12.9. The first-order valence-corrected chi connectivity index (χ1v) is 10.3. The Balaban J connectivity index is 1.70. The van der Waals surface area contributed by atoms with Crippen molar-refractivity contribution >= 4 is 17.5 Å². The van der Waals surface area contributed by atoms with Crippen LogP contribution in [0.3, 0.4) is 0 Å². The summed E-state index contributed by atoms with van der Waals surface area (Å²) in [7, 11) is 0. The highest BCUT2D eigenvalue weighted by Crippen LogP contribution is 2.23. The van der Waals surface area contributed by atoms with E-state index in [1.807, 2.05) is 33.8 Å². The van der Waals surface area contributed by atoms with Crippen LogP contribution in [-0.4, -0.2) is 35.0 Å². The SMILES string of the molecule is CCN(CC)C(=O)c1ccc(NC(=O)c2ccccc2OCc2c(C)noc2C)cc1. The van der Waals surface area contributed by atoms with Crippen LogP contribution in [0.25, 0.3) is 0 Å². The first kappa shape index (κ1) is 22.1. The van der Waals surface area contributed by atoms with Crippen LogP contribution in [-0.2, 0) is 6.61 Å². The Morgan fingerprint density at radius 1 is 1.03 bits per heavy atom. The molecule has 162 valence electrons. The summed E-state index contributed by atoms with van der Waals surface area (Å²) in [5, 5.41) is 6.78. The van der Waals surface area contributed by atoms with Crippen molar-refractivity contribution in [2.75, 3.05) is 18.4 Å². The molecule has 1 aromatic heterocycles. The maximum atomic E-state index is 12.9. The van der Waals surface area contributed by atoms with Gasteiger partial charge < -0.3 is 19.5 Å². The molecule has 7 heteroatoms. The Morgan fingerprint density at radius 3 is 2.32 bits per heavy atom. The molecule has 0 bridgehead atoms. The monoisotopic (exact) mass is 421 g/mol. The van der Waals surface area contributed by atoms with Crippen LogP contribution >= 0.6 is 0 Å². The van der Waals surface area contributed by atoms with E-state index < -0.39 is 0 Å². The van der Waals surface area contributed by atoms with Gasteiger partial charge in [-0.05, 0) is 64.1 Å². The van der Waals surface area contributed by atoms with Gasteiger partial charge in [0.2, 0.25) is 0 Å². The van der Waals surface area contributed by atoms with Crippen LogP contribution in [0.2, 0.25) is 0 Å². The summed E-state index contributed by atoms with van der Waals surface area (Å²) >= 11 is 0. The number of rotatable bonds is 8. The zero-order chi connectivity index (χ0) is 22.4. The van der Waals surface area contributed by atoms with E-state index in [-0.39, 0.29) is 18.4 Å². The molecule has 3 aromatic rings. The fourth-order valence-electron chi connectivity index (χ4n) is 3.23. The van der Waals surface area contributed by atoms with Crippen LogP contribution in [0.1, 0.15) is 51.6 Å². The lowest BCUT2D eigenvalue weighted by molar-refractivity contribution is 0.0773. The second-order valence-electron chi connectivity index (χ2n) is 7.10. The summed E-state index contributed by atoms with van der Waals surface area (Å²) in [5.41, 5.74) is 3.23. The number of ether oxygens (including phenoxy) is 1. The number of aryl methyl sites for hydroxylation is 2. The average molecular weight is 421 g/mol. The predicted molar refractivity (Wildman–Crippen MR) is 118 cm³/mol. The summed E-state index contributed by atoms with van der Waals surface area (Å²) in [6.07, 6.45) is 0. The molecule has 7 nitrogen and oxygen atoms in total. The number of carbonyl (C=O) groups excluding carboxylic acids is 2. The molecule has 0 saturated carbocycles. The van der Waals surface area contributed by atoms with Crippen molar-refractivity contribution in [1.82, 2.24) is 10.1 Å². The maximum Gasteiger partial charge on any atom is 0.259 e. The number of nitrogens with one attached hydrogen (secondary N) is 1. The van der Waals surface area contributed by atoms with Gasteiger partial charge in [0.05, 0.1) is 16.8 Å². The third-order valence-electron chi connectivity index (χ3n) is 5.13. The number of hydrogen-bond acceptors (Lipinski definition) is 5. The standard InChI is InChI=1S/C24H27N3O4/c1-5-27(6-2)24(29)18-11-13-19(14-12-18)25-23(28)20-9-7-8-10-22(20)30-15-21-16(3)26-31-17(21)4/h7-14H,5-6,15H2,1-4H3,(H,25,28). The summed E-state index contributed by atoms with van der Waals surface area (Å²) in [5.74, 6) is 0.838. The Kier molecular flexibility index (Phi) is 7.07. The van der Waals surface area contributed by atoms with Gasteiger partial charge in [-0.1, -0.05) is 17.3 Å². The van der Waals surface area contributed by atoms with E-state index >= 15 is 0 Å². The molecule has 1 heterocycles. The fraction of sp³-hybridized carbons (Fsp3) is 0.292. The largest absolute Gasteiger partial charge is 0.488 e. The van der Waals surface area contributed by atoms with E-state index in [9.17, 15) is 9.59 Å². The van der Waals surface area contributed by atoms with Crippen LogP contribution < -0.4 is 10.1 Å². The molecule has 0 radical (unpaired) electrons. The molecule has 0 aliphatic carbocycles. The molecule has 2 amide bonds. The summed E-state index contributed by atoms with van der Waals surface area (Å²) in [6.45, 7) is 9.13. The smallest absolute Gasteiger partial charge is 0.259 e. The number of amides is 2. The van der Waals surface area contributed by atoms with Crippen molar-refractivity contribution in [3.63, 3.8) is 0 Å². The topological polar surface area (TPSA) is 84.7 Å². The quantitative estimate of drug-likeness (QED) is 0.574. The van der Waals surface area contributed by atoms with Gasteiger partial charge in [0.15, 0.2) is 0 Å². The first-order chi connectivity index (χ1) is 14.9. The lowest BCUT2D eigenvalue weighted by Crippen LogP contribution is -2.30. The minimum Gasteiger partial charge on any atom is -0.488 e. The highest BCUT2D eigenvalue weighted by atomic mass is 16.5. The molecular formula is C24H27N3O4. The van der Waals surface area contributed by atoms with Crippen LogP contribution in [0.15, 0.2) is 53.1 Å². The zero-order valence-electron chi connectivity index (χ0n) is 18.3. The van der Waals surface area contributed by atoms with Crippen LogP contribution in [0.5, 0.6) is 5.75 Å². The summed E-state index contributed by atoms with van der Waals surface area (Å²) in [6, 6.07) is 13.9. The Bertz CT molecular complexity index is 1030. The molecule has 0 atom stereocenters. The number of carbonyl (C=O) groups is 2. The number of aromatic nitrogens is 1. The van der Waals surface area contributed by atoms with E-state index in [1.165, 1.54) is 0 Å². The molecule has 3 rings (SSSR count). The van der Waals surface area contributed by atoms with Gasteiger partial charge in [-0.2, -0.15) is 0 Å². The van der Waals surface area contributed by atoms with Gasteiger partial charge in [-0.15, -0.1) is 0 Å². The fourth-order valence-corrected chi connectivity index (χ4v) is 3.23. The first-order valence-electron chi connectivity index (χ1n) is 10.3. The number of benzene rings is 2. The number of hydrogen-bond donors (Lipinski definition) is 1. The van der Waals surface area contributed by atoms with Gasteiger partial charge in [0.1, 0.15) is 18.1 Å². The van der Waals surface area contributed by atoms with E-state index in [0.29, 0.717) is 41.4 Å². The van der Waals surface area contributed by atoms with Crippen molar-refractivity contribution in [1.29, 1.82) is 0 Å². The zero-order valence-corrected chi connectivity index (χ0v) is 18.3. The normalized spacial score (nSPS) is 10.6. The van der Waals surface area contributed by atoms with Crippen LogP contribution in [0.4, 0.5) is 5.69 Å². The third-order valence-corrected chi connectivity index (χ3v) is 5.13. The molecule has 31 heavy (non-hydrogen) atoms. The molecule has 0 spiro atoms. The van der Waals surface area contributed by atoms with E-state index in [1.54, 1.807) is 47.4 Å². The predicted octanol–water partition coefficient (Wildman–Crippen LogP) is 4.60. The van der Waals surface area contributed by atoms with Gasteiger partial charge in [0.25, 0.3) is 11.8 Å². The molecule has 0 saturated heterocycles. The Morgan fingerprint density at radius 2 is 1.71 bits per heavy atom. The van der Waals surface area contributed by atoms with Gasteiger partial charge in [-0.3, -0.25) is 9.59 Å². The second kappa shape index (κ2) is 9.93. The van der Waals surface area contributed by atoms with Crippen molar-refractivity contribution < 1.29 is 18.8 Å². The molecule has 0 unspecified atom stereocenters. The van der Waals surface area contributed by atoms with Crippen molar-refractivity contribution in [2.45, 2.75) is 34.3 Å². The Labute approximate surface area is 182 Å². The molecule has 0 aliphatic rings. The van der Waals surface area contributed by atoms with E-state index in [4.69, 9.17) is 9.26 Å². The lowest BCUT2D eigenvalue weighted by Gasteiger charge is -2.18. The minimum absolute atomic E-state index is 0.0269. The van der Waals surface area contributed by atoms with Gasteiger partial charge in [-0.25, -0.2) is 0 Å². The Hall–Kier alpha value is -3.61. The van der Waals surface area contributed by atoms with E-state index in [0.717, 1.165) is 11.3 Å². The number of nitrogens with zero attached hydrogens (tertiary/aromatic N) is 2. The third kappa shape index (κ3) is 5.12. The molecule has 2 aromatic carbocycles. The van der Waals surface area contributed by atoms with Gasteiger partial charge in [0, 0.05) is 24.3 Å². The van der Waals surface area contributed by atoms with Crippen molar-refractivity contribution in [3.05, 3.63) is 76.7 Å². The molecule has 0 aliphatic heterocycles. The molecular weight excluding hydrogens is 394 g/mol. The average Bonchev–Trinajstić information content (AvgIpc) is 3.11. The summed E-state index contributed by atoms with van der Waals surface area (Å²) in [4.78, 5) is 27.0. The van der Waals surface area contributed by atoms with Crippen molar-refractivity contribution in [3.8, 4) is 5.75 Å². The molecule has 0 fully saturated rings. The van der Waals surface area contributed by atoms with Crippen molar-refractivity contribution in [2.24, 2.45) is 0 Å². The number of para-hydroxylation sites is 1. The minimum atomic E-state index is -0.294. The highest BCUT2D eigenvalue weighted by molar-refractivity contribution is 6.06. The van der Waals surface area contributed by atoms with Gasteiger partial charge >= 0.3 is 0 Å². The highest BCUT2D eigenvalue weighted by Gasteiger charge is 2.16.